The van der Waals surface area contributed by atoms with E-state index < -0.39 is 17.5 Å². The predicted molar refractivity (Wildman–Crippen MR) is 153 cm³/mol. The van der Waals surface area contributed by atoms with Crippen molar-refractivity contribution in [3.8, 4) is 5.75 Å². The van der Waals surface area contributed by atoms with Crippen LogP contribution < -0.4 is 9.64 Å². The van der Waals surface area contributed by atoms with Gasteiger partial charge in [0.15, 0.2) is 0 Å². The van der Waals surface area contributed by atoms with E-state index in [4.69, 9.17) is 14.2 Å². The molecule has 0 radical (unpaired) electrons. The summed E-state index contributed by atoms with van der Waals surface area (Å²) in [7, 11) is 2.92. The first-order valence-corrected chi connectivity index (χ1v) is 13.3. The molecule has 7 heteroatoms. The number of ether oxygens (including phenoxy) is 3. The Kier molecular flexibility index (Phi) is 10.5. The van der Waals surface area contributed by atoms with E-state index >= 15 is 0 Å². The Labute approximate surface area is 231 Å². The fraction of sp³-hybridized carbons (Fsp3) is 0.406. The minimum absolute atomic E-state index is 0.0324. The lowest BCUT2D eigenvalue weighted by Crippen LogP contribution is -2.36. The smallest absolute Gasteiger partial charge is 0.331 e. The number of benzene rings is 2. The Morgan fingerprint density at radius 3 is 2.21 bits per heavy atom. The quantitative estimate of drug-likeness (QED) is 0.276. The molecule has 3 rings (SSSR count). The first-order valence-electron chi connectivity index (χ1n) is 13.3. The molecule has 1 fully saturated rings. The molecule has 2 aromatic rings. The first-order chi connectivity index (χ1) is 18.6. The summed E-state index contributed by atoms with van der Waals surface area (Å²) < 4.78 is 15.7. The van der Waals surface area contributed by atoms with Gasteiger partial charge in [0.1, 0.15) is 11.4 Å². The molecule has 39 heavy (non-hydrogen) atoms. The van der Waals surface area contributed by atoms with Gasteiger partial charge in [-0.3, -0.25) is 4.79 Å². The maximum Gasteiger partial charge on any atom is 0.331 e. The van der Waals surface area contributed by atoms with Gasteiger partial charge in [0.25, 0.3) is 0 Å². The van der Waals surface area contributed by atoms with Crippen LogP contribution in [0.4, 0.5) is 5.69 Å². The van der Waals surface area contributed by atoms with Crippen molar-refractivity contribution >= 4 is 35.7 Å². The van der Waals surface area contributed by atoms with Crippen molar-refractivity contribution in [2.24, 2.45) is 5.92 Å². The molecule has 0 unspecified atom stereocenters. The number of anilines is 1. The Bertz CT molecular complexity index is 1220. The number of rotatable bonds is 9. The highest BCUT2D eigenvalue weighted by molar-refractivity contribution is 5.95. The van der Waals surface area contributed by atoms with Crippen molar-refractivity contribution in [3.63, 3.8) is 0 Å². The maximum atomic E-state index is 13.8. The fourth-order valence-electron chi connectivity index (χ4n) is 4.56. The van der Waals surface area contributed by atoms with Crippen LogP contribution in [0.2, 0.25) is 0 Å². The second-order valence-electron chi connectivity index (χ2n) is 10.6. The van der Waals surface area contributed by atoms with E-state index in [9.17, 15) is 14.4 Å². The van der Waals surface area contributed by atoms with E-state index in [2.05, 4.69) is 0 Å². The molecule has 0 saturated heterocycles. The number of carbonyl (C=O) groups excluding carboxylic acids is 3. The molecule has 1 amide bonds. The molecule has 0 aliphatic heterocycles. The molecule has 7 nitrogen and oxygen atoms in total. The third-order valence-electron chi connectivity index (χ3n) is 6.47. The summed E-state index contributed by atoms with van der Waals surface area (Å²) in [5, 5.41) is 0. The lowest BCUT2D eigenvalue weighted by molar-refractivity contribution is -0.148. The number of nitrogens with zero attached hydrogens (tertiary/aromatic N) is 1. The van der Waals surface area contributed by atoms with Crippen LogP contribution in [0.3, 0.4) is 0 Å². The maximum absolute atomic E-state index is 13.8. The van der Waals surface area contributed by atoms with Crippen LogP contribution in [0.1, 0.15) is 69.6 Å². The lowest BCUT2D eigenvalue weighted by Gasteiger charge is -2.30. The summed E-state index contributed by atoms with van der Waals surface area (Å²) in [6, 6.07) is 13.2. The van der Waals surface area contributed by atoms with E-state index in [0.29, 0.717) is 12.3 Å². The number of esters is 2. The van der Waals surface area contributed by atoms with Crippen LogP contribution in [-0.4, -0.2) is 37.7 Å². The predicted octanol–water partition coefficient (Wildman–Crippen LogP) is 6.35. The second-order valence-corrected chi connectivity index (χ2v) is 10.6. The molecule has 1 saturated carbocycles. The Balaban J connectivity index is 1.90. The summed E-state index contributed by atoms with van der Waals surface area (Å²) in [4.78, 5) is 39.3. The molecule has 0 N–H and O–H groups in total. The lowest BCUT2D eigenvalue weighted by atomic mass is 9.88. The summed E-state index contributed by atoms with van der Waals surface area (Å²) in [6.45, 7) is 5.78. The molecule has 0 aromatic heterocycles. The zero-order valence-electron chi connectivity index (χ0n) is 23.6. The van der Waals surface area contributed by atoms with Crippen LogP contribution in [0.15, 0.2) is 54.6 Å². The molecule has 208 valence electrons. The van der Waals surface area contributed by atoms with Crippen LogP contribution >= 0.6 is 0 Å². The van der Waals surface area contributed by atoms with Crippen molar-refractivity contribution in [2.75, 3.05) is 19.1 Å². The molecule has 2 aromatic carbocycles. The van der Waals surface area contributed by atoms with E-state index in [1.54, 1.807) is 24.2 Å². The van der Waals surface area contributed by atoms with Gasteiger partial charge >= 0.3 is 11.9 Å². The normalized spacial score (nSPS) is 14.4. The number of hydrogen-bond acceptors (Lipinski definition) is 6. The zero-order valence-corrected chi connectivity index (χ0v) is 23.6. The van der Waals surface area contributed by atoms with Gasteiger partial charge in [-0.2, -0.15) is 0 Å². The van der Waals surface area contributed by atoms with Gasteiger partial charge in [-0.1, -0.05) is 43.5 Å². The minimum atomic E-state index is -0.566. The van der Waals surface area contributed by atoms with Gasteiger partial charge in [-0.25, -0.2) is 9.59 Å². The Morgan fingerprint density at radius 1 is 0.897 bits per heavy atom. The van der Waals surface area contributed by atoms with E-state index in [0.717, 1.165) is 54.5 Å². The van der Waals surface area contributed by atoms with Crippen LogP contribution in [0, 0.1) is 5.92 Å². The summed E-state index contributed by atoms with van der Waals surface area (Å²) >= 11 is 0. The monoisotopic (exact) mass is 533 g/mol. The number of amides is 1. The third kappa shape index (κ3) is 9.13. The molecular formula is C32H39NO6. The van der Waals surface area contributed by atoms with Crippen molar-refractivity contribution in [1.82, 2.24) is 0 Å². The Morgan fingerprint density at radius 2 is 1.56 bits per heavy atom. The SMILES string of the molecule is COC(=O)/C=C/c1cccc(N(Cc2ccc(/C=C/C(=O)OC(C)(C)C)cc2OC)C(=O)C2CCCCC2)c1. The molecule has 0 heterocycles. The summed E-state index contributed by atoms with van der Waals surface area (Å²) in [6.07, 6.45) is 11.1. The Hall–Kier alpha value is -3.87. The van der Waals surface area contributed by atoms with Crippen molar-refractivity contribution in [1.29, 1.82) is 0 Å². The average molecular weight is 534 g/mol. The zero-order chi connectivity index (χ0) is 28.4. The number of methoxy groups -OCH3 is 2. The van der Waals surface area contributed by atoms with Crippen LogP contribution in [0.25, 0.3) is 12.2 Å². The number of hydrogen-bond donors (Lipinski definition) is 0. The van der Waals surface area contributed by atoms with Crippen LogP contribution in [-0.2, 0) is 30.4 Å². The van der Waals surface area contributed by atoms with Crippen molar-refractivity contribution in [3.05, 3.63) is 71.3 Å². The molecule has 0 atom stereocenters. The topological polar surface area (TPSA) is 82.1 Å². The molecule has 1 aliphatic carbocycles. The fourth-order valence-corrected chi connectivity index (χ4v) is 4.56. The van der Waals surface area contributed by atoms with E-state index in [1.807, 2.05) is 63.2 Å². The van der Waals surface area contributed by atoms with Gasteiger partial charge in [0.2, 0.25) is 5.91 Å². The molecule has 0 bridgehead atoms. The largest absolute Gasteiger partial charge is 0.496 e. The van der Waals surface area contributed by atoms with Gasteiger partial charge < -0.3 is 19.1 Å². The van der Waals surface area contributed by atoms with E-state index in [1.165, 1.54) is 19.3 Å². The first kappa shape index (κ1) is 29.7. The standard InChI is InChI=1S/C32H39NO6/c1-32(2,3)39-30(35)19-16-24-14-17-26(28(21-24)37-4)22-33(31(36)25-11-7-6-8-12-25)27-13-9-10-23(20-27)15-18-29(34)38-5/h9-10,13-21,25H,6-8,11-12,22H2,1-5H3/b18-15+,19-16+. The summed E-state index contributed by atoms with van der Waals surface area (Å²) in [5.74, 6) is -0.198. The molecule has 0 spiro atoms. The van der Waals surface area contributed by atoms with Crippen LogP contribution in [0.5, 0.6) is 5.75 Å². The average Bonchev–Trinajstić information content (AvgIpc) is 2.93. The van der Waals surface area contributed by atoms with Gasteiger partial charge in [0, 0.05) is 29.3 Å². The summed E-state index contributed by atoms with van der Waals surface area (Å²) in [5.41, 5.74) is 2.58. The second kappa shape index (κ2) is 13.8. The minimum Gasteiger partial charge on any atom is -0.496 e. The highest BCUT2D eigenvalue weighted by Crippen LogP contribution is 2.31. The molecular weight excluding hydrogens is 494 g/mol. The highest BCUT2D eigenvalue weighted by Gasteiger charge is 2.28. The number of carbonyl (C=O) groups is 3. The van der Waals surface area contributed by atoms with Crippen molar-refractivity contribution < 1.29 is 28.6 Å². The third-order valence-corrected chi connectivity index (χ3v) is 6.47. The van der Waals surface area contributed by atoms with Crippen molar-refractivity contribution in [2.45, 2.75) is 65.0 Å². The van der Waals surface area contributed by atoms with Gasteiger partial charge in [0.05, 0.1) is 20.8 Å². The van der Waals surface area contributed by atoms with E-state index in [-0.39, 0.29) is 11.8 Å². The highest BCUT2D eigenvalue weighted by atomic mass is 16.6. The molecule has 1 aliphatic rings. The van der Waals surface area contributed by atoms with Gasteiger partial charge in [-0.05, 0) is 75.1 Å². The van der Waals surface area contributed by atoms with Gasteiger partial charge in [-0.15, -0.1) is 0 Å².